The molecule has 0 saturated heterocycles. The van der Waals surface area contributed by atoms with Crippen LogP contribution in [0.2, 0.25) is 0 Å². The van der Waals surface area contributed by atoms with Crippen LogP contribution in [0, 0.1) is 19.8 Å². The van der Waals surface area contributed by atoms with E-state index in [1.165, 1.54) is 48.8 Å². The SMILES string of the molecule is Cc1cccc(C(N)C2CCCCC2)c1C. The molecule has 1 aromatic rings. The minimum Gasteiger partial charge on any atom is -0.324 e. The zero-order valence-electron chi connectivity index (χ0n) is 10.5. The zero-order valence-corrected chi connectivity index (χ0v) is 10.5. The number of benzene rings is 1. The number of rotatable bonds is 2. The van der Waals surface area contributed by atoms with Crippen LogP contribution in [0.5, 0.6) is 0 Å². The summed E-state index contributed by atoms with van der Waals surface area (Å²) in [6, 6.07) is 6.77. The van der Waals surface area contributed by atoms with Crippen LogP contribution in [-0.2, 0) is 0 Å². The van der Waals surface area contributed by atoms with E-state index >= 15 is 0 Å². The van der Waals surface area contributed by atoms with Crippen LogP contribution in [0.1, 0.15) is 54.8 Å². The maximum Gasteiger partial charge on any atom is 0.0326 e. The molecule has 88 valence electrons. The van der Waals surface area contributed by atoms with Crippen molar-refractivity contribution in [3.05, 3.63) is 34.9 Å². The molecule has 1 unspecified atom stereocenters. The molecule has 1 atom stereocenters. The molecule has 2 N–H and O–H groups in total. The molecule has 1 saturated carbocycles. The Morgan fingerprint density at radius 3 is 2.50 bits per heavy atom. The van der Waals surface area contributed by atoms with E-state index in [9.17, 15) is 0 Å². The summed E-state index contributed by atoms with van der Waals surface area (Å²) in [4.78, 5) is 0. The molecule has 2 rings (SSSR count). The first-order chi connectivity index (χ1) is 7.70. The fourth-order valence-electron chi connectivity index (χ4n) is 2.88. The third-order valence-electron chi connectivity index (χ3n) is 4.16. The van der Waals surface area contributed by atoms with E-state index in [-0.39, 0.29) is 6.04 Å². The standard InChI is InChI=1S/C15H23N/c1-11-7-6-10-14(12(11)2)15(16)13-8-4-3-5-9-13/h6-7,10,13,15H,3-5,8-9,16H2,1-2H3. The maximum atomic E-state index is 6.44. The first-order valence-corrected chi connectivity index (χ1v) is 6.52. The Labute approximate surface area is 99.0 Å². The smallest absolute Gasteiger partial charge is 0.0326 e. The van der Waals surface area contributed by atoms with E-state index in [0.717, 1.165) is 0 Å². The summed E-state index contributed by atoms with van der Waals surface area (Å²) in [5.74, 6) is 0.703. The van der Waals surface area contributed by atoms with Crippen LogP contribution in [0.3, 0.4) is 0 Å². The van der Waals surface area contributed by atoms with Gasteiger partial charge in [0.15, 0.2) is 0 Å². The van der Waals surface area contributed by atoms with Crippen LogP contribution in [0.15, 0.2) is 18.2 Å². The largest absolute Gasteiger partial charge is 0.324 e. The monoisotopic (exact) mass is 217 g/mol. The van der Waals surface area contributed by atoms with Gasteiger partial charge < -0.3 is 5.73 Å². The van der Waals surface area contributed by atoms with Crippen molar-refractivity contribution in [2.75, 3.05) is 0 Å². The van der Waals surface area contributed by atoms with Gasteiger partial charge in [-0.05, 0) is 49.3 Å². The second-order valence-electron chi connectivity index (χ2n) is 5.21. The molecule has 1 aliphatic carbocycles. The van der Waals surface area contributed by atoms with Crippen molar-refractivity contribution in [2.45, 2.75) is 52.0 Å². The van der Waals surface area contributed by atoms with Gasteiger partial charge in [0.05, 0.1) is 0 Å². The van der Waals surface area contributed by atoms with E-state index in [2.05, 4.69) is 32.0 Å². The summed E-state index contributed by atoms with van der Waals surface area (Å²) in [6.07, 6.45) is 6.76. The Balaban J connectivity index is 2.19. The van der Waals surface area contributed by atoms with Gasteiger partial charge in [-0.3, -0.25) is 0 Å². The Hall–Kier alpha value is -0.820. The zero-order chi connectivity index (χ0) is 11.5. The van der Waals surface area contributed by atoms with E-state index in [4.69, 9.17) is 5.73 Å². The van der Waals surface area contributed by atoms with Gasteiger partial charge in [0.1, 0.15) is 0 Å². The highest BCUT2D eigenvalue weighted by Crippen LogP contribution is 2.34. The predicted octanol–water partition coefficient (Wildman–Crippen LogP) is 3.88. The van der Waals surface area contributed by atoms with Crippen molar-refractivity contribution in [2.24, 2.45) is 11.7 Å². The van der Waals surface area contributed by atoms with E-state index in [1.54, 1.807) is 0 Å². The van der Waals surface area contributed by atoms with Gasteiger partial charge in [-0.2, -0.15) is 0 Å². The second kappa shape index (κ2) is 5.01. The molecule has 1 aliphatic rings. The number of hydrogen-bond acceptors (Lipinski definition) is 1. The summed E-state index contributed by atoms with van der Waals surface area (Å²) < 4.78 is 0. The molecule has 0 bridgehead atoms. The van der Waals surface area contributed by atoms with Crippen LogP contribution in [0.4, 0.5) is 0 Å². The van der Waals surface area contributed by atoms with Crippen molar-refractivity contribution >= 4 is 0 Å². The molecular weight excluding hydrogens is 194 g/mol. The highest BCUT2D eigenvalue weighted by molar-refractivity contribution is 5.35. The van der Waals surface area contributed by atoms with Gasteiger partial charge in [-0.1, -0.05) is 37.5 Å². The van der Waals surface area contributed by atoms with Gasteiger partial charge in [0, 0.05) is 6.04 Å². The molecule has 0 radical (unpaired) electrons. The highest BCUT2D eigenvalue weighted by Gasteiger charge is 2.22. The Morgan fingerprint density at radius 1 is 1.12 bits per heavy atom. The van der Waals surface area contributed by atoms with Gasteiger partial charge in [-0.15, -0.1) is 0 Å². The molecule has 0 heterocycles. The van der Waals surface area contributed by atoms with Crippen molar-refractivity contribution in [1.82, 2.24) is 0 Å². The third-order valence-corrected chi connectivity index (χ3v) is 4.16. The number of nitrogens with two attached hydrogens (primary N) is 1. The average molecular weight is 217 g/mol. The van der Waals surface area contributed by atoms with Gasteiger partial charge in [0.2, 0.25) is 0 Å². The fraction of sp³-hybridized carbons (Fsp3) is 0.600. The molecule has 1 aromatic carbocycles. The topological polar surface area (TPSA) is 26.0 Å². The van der Waals surface area contributed by atoms with Crippen molar-refractivity contribution in [3.63, 3.8) is 0 Å². The molecule has 0 aliphatic heterocycles. The number of aryl methyl sites for hydroxylation is 1. The summed E-state index contributed by atoms with van der Waals surface area (Å²) in [7, 11) is 0. The van der Waals surface area contributed by atoms with E-state index in [0.29, 0.717) is 5.92 Å². The van der Waals surface area contributed by atoms with Crippen molar-refractivity contribution in [1.29, 1.82) is 0 Å². The van der Waals surface area contributed by atoms with E-state index in [1.807, 2.05) is 0 Å². The first kappa shape index (κ1) is 11.7. The second-order valence-corrected chi connectivity index (χ2v) is 5.21. The molecule has 16 heavy (non-hydrogen) atoms. The minimum atomic E-state index is 0.250. The summed E-state index contributed by atoms with van der Waals surface area (Å²) in [6.45, 7) is 4.37. The molecule has 0 spiro atoms. The van der Waals surface area contributed by atoms with E-state index < -0.39 is 0 Å². The maximum absolute atomic E-state index is 6.44. The van der Waals surface area contributed by atoms with Crippen molar-refractivity contribution < 1.29 is 0 Å². The highest BCUT2D eigenvalue weighted by atomic mass is 14.7. The first-order valence-electron chi connectivity index (χ1n) is 6.52. The lowest BCUT2D eigenvalue weighted by molar-refractivity contribution is 0.307. The van der Waals surface area contributed by atoms with Crippen LogP contribution < -0.4 is 5.73 Å². The van der Waals surface area contributed by atoms with Gasteiger partial charge >= 0.3 is 0 Å². The molecule has 0 aromatic heterocycles. The third kappa shape index (κ3) is 2.30. The molecule has 1 nitrogen and oxygen atoms in total. The Kier molecular flexibility index (Phi) is 3.65. The normalized spacial score (nSPS) is 19.7. The Morgan fingerprint density at radius 2 is 1.81 bits per heavy atom. The predicted molar refractivity (Wildman–Crippen MR) is 69.4 cm³/mol. The summed E-state index contributed by atoms with van der Waals surface area (Å²) in [5, 5.41) is 0. The quantitative estimate of drug-likeness (QED) is 0.799. The lowest BCUT2D eigenvalue weighted by atomic mass is 9.80. The molecule has 1 fully saturated rings. The molecule has 0 amide bonds. The van der Waals surface area contributed by atoms with Crippen LogP contribution in [-0.4, -0.2) is 0 Å². The Bertz CT molecular complexity index is 350. The summed E-state index contributed by atoms with van der Waals surface area (Å²) in [5.41, 5.74) is 10.6. The molecular formula is C15H23N. The van der Waals surface area contributed by atoms with Crippen LogP contribution in [0.25, 0.3) is 0 Å². The lowest BCUT2D eigenvalue weighted by Crippen LogP contribution is -2.24. The lowest BCUT2D eigenvalue weighted by Gasteiger charge is -2.29. The molecule has 1 heteroatoms. The van der Waals surface area contributed by atoms with Gasteiger partial charge in [0.25, 0.3) is 0 Å². The van der Waals surface area contributed by atoms with Crippen LogP contribution >= 0.6 is 0 Å². The van der Waals surface area contributed by atoms with Gasteiger partial charge in [-0.25, -0.2) is 0 Å². The summed E-state index contributed by atoms with van der Waals surface area (Å²) >= 11 is 0. The minimum absolute atomic E-state index is 0.250. The van der Waals surface area contributed by atoms with Crippen molar-refractivity contribution in [3.8, 4) is 0 Å². The fourth-order valence-corrected chi connectivity index (χ4v) is 2.88. The average Bonchev–Trinajstić information content (AvgIpc) is 2.33. The number of hydrogen-bond donors (Lipinski definition) is 1.